The lowest BCUT2D eigenvalue weighted by Gasteiger charge is -2.34. The van der Waals surface area contributed by atoms with Crippen molar-refractivity contribution in [2.24, 2.45) is 0 Å². The van der Waals surface area contributed by atoms with Gasteiger partial charge in [0.1, 0.15) is 11.9 Å². The summed E-state index contributed by atoms with van der Waals surface area (Å²) in [5.74, 6) is 0.455. The predicted octanol–water partition coefficient (Wildman–Crippen LogP) is 2.81. The molecule has 0 spiro atoms. The van der Waals surface area contributed by atoms with Gasteiger partial charge in [-0.2, -0.15) is 0 Å². The summed E-state index contributed by atoms with van der Waals surface area (Å²) < 4.78 is 13.0. The Morgan fingerprint density at radius 3 is 2.35 bits per heavy atom. The Morgan fingerprint density at radius 2 is 1.68 bits per heavy atom. The van der Waals surface area contributed by atoms with Crippen LogP contribution in [0.1, 0.15) is 38.2 Å². The number of methoxy groups -OCH3 is 1. The summed E-state index contributed by atoms with van der Waals surface area (Å²) in [6, 6.07) is 14.7. The second-order valence-electron chi connectivity index (χ2n) is 8.20. The first-order valence-corrected chi connectivity index (χ1v) is 11.4. The van der Waals surface area contributed by atoms with Crippen molar-refractivity contribution in [2.75, 3.05) is 33.3 Å². The highest BCUT2D eigenvalue weighted by atomic mass is 35.5. The van der Waals surface area contributed by atoms with Crippen LogP contribution in [0.25, 0.3) is 0 Å². The largest absolute Gasteiger partial charge is 0.497 e. The van der Waals surface area contributed by atoms with E-state index < -0.39 is 0 Å². The molecule has 2 aliphatic heterocycles. The Morgan fingerprint density at radius 1 is 1.00 bits per heavy atom. The predicted molar refractivity (Wildman–Crippen MR) is 124 cm³/mol. The maximum Gasteiger partial charge on any atom is 0.276 e. The SMILES string of the molecule is COc1ccc(C2Cn3nnc(C(=O)N4CCN(C(=O)c5ccccc5Cl)CC4)c3CO2)cc1. The minimum Gasteiger partial charge on any atom is -0.497 e. The average Bonchev–Trinajstić information content (AvgIpc) is 3.31. The summed E-state index contributed by atoms with van der Waals surface area (Å²) in [4.78, 5) is 29.4. The number of hydrogen-bond donors (Lipinski definition) is 0. The number of benzene rings is 2. The minimum atomic E-state index is -0.197. The number of nitrogens with zero attached hydrogens (tertiary/aromatic N) is 5. The highest BCUT2D eigenvalue weighted by Crippen LogP contribution is 2.28. The Bertz CT molecular complexity index is 1200. The molecule has 0 N–H and O–H groups in total. The van der Waals surface area contributed by atoms with Crippen molar-refractivity contribution in [1.29, 1.82) is 0 Å². The number of aromatic nitrogens is 3. The van der Waals surface area contributed by atoms with Crippen LogP contribution >= 0.6 is 11.6 Å². The van der Waals surface area contributed by atoms with Crippen molar-refractivity contribution in [3.63, 3.8) is 0 Å². The van der Waals surface area contributed by atoms with Crippen LogP contribution in [-0.2, 0) is 17.9 Å². The number of hydrogen-bond acceptors (Lipinski definition) is 6. The number of rotatable bonds is 4. The Balaban J connectivity index is 1.23. The number of carbonyl (C=O) groups is 2. The molecule has 1 unspecified atom stereocenters. The molecule has 1 atom stereocenters. The zero-order chi connectivity index (χ0) is 23.7. The van der Waals surface area contributed by atoms with Crippen LogP contribution in [0.15, 0.2) is 48.5 Å². The molecule has 0 bridgehead atoms. The quantitative estimate of drug-likeness (QED) is 0.569. The minimum absolute atomic E-state index is 0.128. The Hall–Kier alpha value is -3.43. The molecule has 2 aliphatic rings. The molecule has 1 saturated heterocycles. The van der Waals surface area contributed by atoms with Gasteiger partial charge in [0.2, 0.25) is 0 Å². The summed E-state index contributed by atoms with van der Waals surface area (Å²) in [5, 5.41) is 8.80. The monoisotopic (exact) mass is 481 g/mol. The van der Waals surface area contributed by atoms with E-state index in [2.05, 4.69) is 10.3 Å². The summed E-state index contributed by atoms with van der Waals surface area (Å²) >= 11 is 6.17. The molecule has 34 heavy (non-hydrogen) atoms. The zero-order valence-corrected chi connectivity index (χ0v) is 19.4. The first-order chi connectivity index (χ1) is 16.5. The van der Waals surface area contributed by atoms with E-state index in [1.54, 1.807) is 45.9 Å². The fraction of sp³-hybridized carbons (Fsp3) is 0.333. The standard InChI is InChI=1S/C24H24ClN5O4/c1-33-17-8-6-16(7-9-17)21-14-30-20(15-34-21)22(26-27-30)24(32)29-12-10-28(11-13-29)23(31)18-4-2-3-5-19(18)25/h2-9,21H,10-15H2,1H3. The average molecular weight is 482 g/mol. The van der Waals surface area contributed by atoms with Crippen LogP contribution in [0.5, 0.6) is 5.75 Å². The molecule has 176 valence electrons. The molecule has 1 aromatic heterocycles. The molecule has 2 aromatic carbocycles. The van der Waals surface area contributed by atoms with Crippen LogP contribution < -0.4 is 4.74 Å². The number of fused-ring (bicyclic) bond motifs is 1. The third-order valence-electron chi connectivity index (χ3n) is 6.25. The molecule has 0 radical (unpaired) electrons. The van der Waals surface area contributed by atoms with E-state index in [0.717, 1.165) is 11.3 Å². The van der Waals surface area contributed by atoms with Crippen molar-refractivity contribution in [3.05, 3.63) is 76.1 Å². The highest BCUT2D eigenvalue weighted by molar-refractivity contribution is 6.33. The van der Waals surface area contributed by atoms with Gasteiger partial charge < -0.3 is 19.3 Å². The van der Waals surface area contributed by atoms with Crippen molar-refractivity contribution in [3.8, 4) is 5.75 Å². The molecular formula is C24H24ClN5O4. The molecule has 2 amide bonds. The summed E-state index contributed by atoms with van der Waals surface area (Å²) in [6.07, 6.45) is -0.178. The van der Waals surface area contributed by atoms with Gasteiger partial charge in [-0.05, 0) is 29.8 Å². The number of carbonyl (C=O) groups excluding carboxylic acids is 2. The fourth-order valence-corrected chi connectivity index (χ4v) is 4.48. The van der Waals surface area contributed by atoms with E-state index in [0.29, 0.717) is 54.7 Å². The number of amides is 2. The first kappa shape index (κ1) is 22.4. The molecule has 0 saturated carbocycles. The van der Waals surface area contributed by atoms with Gasteiger partial charge in [0.15, 0.2) is 5.69 Å². The molecule has 5 rings (SSSR count). The smallest absolute Gasteiger partial charge is 0.276 e. The number of halogens is 1. The summed E-state index contributed by atoms with van der Waals surface area (Å²) in [6.45, 7) is 2.40. The second-order valence-corrected chi connectivity index (χ2v) is 8.61. The molecule has 1 fully saturated rings. The van der Waals surface area contributed by atoms with E-state index in [1.165, 1.54) is 0 Å². The third-order valence-corrected chi connectivity index (χ3v) is 6.58. The van der Waals surface area contributed by atoms with E-state index in [4.69, 9.17) is 21.1 Å². The van der Waals surface area contributed by atoms with Crippen LogP contribution in [0.3, 0.4) is 0 Å². The fourth-order valence-electron chi connectivity index (χ4n) is 4.27. The van der Waals surface area contributed by atoms with Crippen LogP contribution in [0.4, 0.5) is 0 Å². The van der Waals surface area contributed by atoms with Gasteiger partial charge in [-0.3, -0.25) is 9.59 Å². The number of ether oxygens (including phenoxy) is 2. The van der Waals surface area contributed by atoms with Crippen LogP contribution in [0, 0.1) is 0 Å². The maximum atomic E-state index is 13.2. The van der Waals surface area contributed by atoms with E-state index in [-0.39, 0.29) is 24.5 Å². The van der Waals surface area contributed by atoms with Gasteiger partial charge >= 0.3 is 0 Å². The molecule has 3 aromatic rings. The summed E-state index contributed by atoms with van der Waals surface area (Å²) in [7, 11) is 1.63. The lowest BCUT2D eigenvalue weighted by atomic mass is 10.1. The molecule has 0 aliphatic carbocycles. The van der Waals surface area contributed by atoms with Crippen molar-refractivity contribution in [2.45, 2.75) is 19.3 Å². The first-order valence-electron chi connectivity index (χ1n) is 11.1. The van der Waals surface area contributed by atoms with Gasteiger partial charge in [-0.15, -0.1) is 5.10 Å². The normalized spacial score (nSPS) is 17.9. The molecule has 10 heteroatoms. The van der Waals surface area contributed by atoms with Gasteiger partial charge in [0, 0.05) is 26.2 Å². The van der Waals surface area contributed by atoms with Crippen molar-refractivity contribution >= 4 is 23.4 Å². The van der Waals surface area contributed by atoms with Crippen molar-refractivity contribution in [1.82, 2.24) is 24.8 Å². The van der Waals surface area contributed by atoms with Crippen LogP contribution in [0.2, 0.25) is 5.02 Å². The van der Waals surface area contributed by atoms with Gasteiger partial charge in [0.25, 0.3) is 11.8 Å². The van der Waals surface area contributed by atoms with Gasteiger partial charge in [-0.1, -0.05) is 41.1 Å². The van der Waals surface area contributed by atoms with E-state index >= 15 is 0 Å². The van der Waals surface area contributed by atoms with Gasteiger partial charge in [0.05, 0.1) is 36.5 Å². The van der Waals surface area contributed by atoms with E-state index in [9.17, 15) is 9.59 Å². The van der Waals surface area contributed by atoms with Crippen molar-refractivity contribution < 1.29 is 19.1 Å². The second kappa shape index (κ2) is 9.44. The van der Waals surface area contributed by atoms with Crippen LogP contribution in [-0.4, -0.2) is 69.9 Å². The number of piperazine rings is 1. The van der Waals surface area contributed by atoms with Gasteiger partial charge in [-0.25, -0.2) is 4.68 Å². The lowest BCUT2D eigenvalue weighted by molar-refractivity contribution is -0.00204. The lowest BCUT2D eigenvalue weighted by Crippen LogP contribution is -2.50. The molecule has 9 nitrogen and oxygen atoms in total. The maximum absolute atomic E-state index is 13.2. The molecular weight excluding hydrogens is 458 g/mol. The van der Waals surface area contributed by atoms with E-state index in [1.807, 2.05) is 24.3 Å². The Labute approximate surface area is 201 Å². The zero-order valence-electron chi connectivity index (χ0n) is 18.7. The summed E-state index contributed by atoms with van der Waals surface area (Å²) in [5.41, 5.74) is 2.46. The third kappa shape index (κ3) is 4.24. The molecule has 3 heterocycles. The highest BCUT2D eigenvalue weighted by Gasteiger charge is 2.32. The Kier molecular flexibility index (Phi) is 6.21. The topological polar surface area (TPSA) is 89.8 Å².